The monoisotopic (exact) mass is 297 g/mol. The van der Waals surface area contributed by atoms with Crippen LogP contribution in [-0.4, -0.2) is 33.4 Å². The Hall–Kier alpha value is -1.83. The Labute approximate surface area is 120 Å². The summed E-state index contributed by atoms with van der Waals surface area (Å²) in [7, 11) is 0. The van der Waals surface area contributed by atoms with Crippen molar-refractivity contribution in [1.29, 1.82) is 0 Å². The van der Waals surface area contributed by atoms with E-state index in [1.165, 1.54) is 12.1 Å². The second-order valence-corrected chi connectivity index (χ2v) is 6.18. The number of benzene rings is 1. The molecular formula is C12H15N3O4S. The van der Waals surface area contributed by atoms with Gasteiger partial charge in [-0.3, -0.25) is 20.2 Å². The van der Waals surface area contributed by atoms with Crippen molar-refractivity contribution in [3.63, 3.8) is 0 Å². The Balaban J connectivity index is 2.45. The number of rotatable bonds is 3. The molecule has 8 heteroatoms. The number of hydrogen-bond donors (Lipinski definition) is 0. The fourth-order valence-electron chi connectivity index (χ4n) is 2.29. The van der Waals surface area contributed by atoms with Crippen molar-refractivity contribution < 1.29 is 9.85 Å². The molecule has 1 aromatic carbocycles. The molecule has 0 bridgehead atoms. The summed E-state index contributed by atoms with van der Waals surface area (Å²) in [4.78, 5) is 22.7. The van der Waals surface area contributed by atoms with Crippen molar-refractivity contribution in [2.24, 2.45) is 0 Å². The van der Waals surface area contributed by atoms with Crippen molar-refractivity contribution in [3.05, 3.63) is 38.4 Å². The van der Waals surface area contributed by atoms with E-state index >= 15 is 0 Å². The van der Waals surface area contributed by atoms with Gasteiger partial charge in [-0.25, -0.2) is 0 Å². The first-order valence-corrected chi connectivity index (χ1v) is 7.27. The Kier molecular flexibility index (Phi) is 4.12. The van der Waals surface area contributed by atoms with E-state index in [2.05, 4.69) is 6.92 Å². The summed E-state index contributed by atoms with van der Waals surface area (Å²) in [6, 6.07) is 3.99. The molecule has 1 saturated heterocycles. The van der Waals surface area contributed by atoms with E-state index in [0.29, 0.717) is 17.5 Å². The first-order valence-electron chi connectivity index (χ1n) is 6.23. The van der Waals surface area contributed by atoms with E-state index in [9.17, 15) is 20.2 Å². The zero-order chi connectivity index (χ0) is 14.9. The molecule has 0 aromatic heterocycles. The standard InChI is InChI=1S/C12H15N3O4S/c1-8-9(2)20-6-5-13(8)11-4-3-10(14(16)17)7-12(11)15(18)19/h3-4,7-9H,5-6H2,1-2H3. The average Bonchev–Trinajstić information content (AvgIpc) is 2.41. The van der Waals surface area contributed by atoms with Gasteiger partial charge in [0.15, 0.2) is 0 Å². The number of anilines is 1. The van der Waals surface area contributed by atoms with Crippen LogP contribution >= 0.6 is 11.8 Å². The minimum Gasteiger partial charge on any atom is -0.361 e. The van der Waals surface area contributed by atoms with Crippen LogP contribution in [0, 0.1) is 20.2 Å². The maximum atomic E-state index is 11.2. The van der Waals surface area contributed by atoms with Crippen molar-refractivity contribution in [2.45, 2.75) is 25.1 Å². The first kappa shape index (κ1) is 14.6. The highest BCUT2D eigenvalue weighted by Crippen LogP contribution is 2.36. The summed E-state index contributed by atoms with van der Waals surface area (Å²) in [5, 5.41) is 22.3. The van der Waals surface area contributed by atoms with E-state index in [-0.39, 0.29) is 17.4 Å². The Morgan fingerprint density at radius 3 is 2.55 bits per heavy atom. The number of nitro benzene ring substituents is 2. The van der Waals surface area contributed by atoms with Crippen LogP contribution in [0.5, 0.6) is 0 Å². The molecule has 20 heavy (non-hydrogen) atoms. The molecule has 0 spiro atoms. The molecule has 1 aromatic rings. The van der Waals surface area contributed by atoms with Gasteiger partial charge in [-0.1, -0.05) is 6.92 Å². The SMILES string of the molecule is CC1SCCN(c2ccc([N+](=O)[O-])cc2[N+](=O)[O-])C1C. The molecule has 7 nitrogen and oxygen atoms in total. The largest absolute Gasteiger partial charge is 0.361 e. The van der Waals surface area contributed by atoms with Gasteiger partial charge in [-0.05, 0) is 13.0 Å². The van der Waals surface area contributed by atoms with Crippen LogP contribution in [0.4, 0.5) is 17.1 Å². The van der Waals surface area contributed by atoms with E-state index in [0.717, 1.165) is 11.8 Å². The summed E-state index contributed by atoms with van der Waals surface area (Å²) < 4.78 is 0. The van der Waals surface area contributed by atoms with E-state index in [1.807, 2.05) is 23.6 Å². The fraction of sp³-hybridized carbons (Fsp3) is 0.500. The van der Waals surface area contributed by atoms with Crippen LogP contribution in [0.1, 0.15) is 13.8 Å². The summed E-state index contributed by atoms with van der Waals surface area (Å²) in [5.41, 5.74) is -0.00191. The highest BCUT2D eigenvalue weighted by Gasteiger charge is 2.31. The lowest BCUT2D eigenvalue weighted by Crippen LogP contribution is -2.45. The topological polar surface area (TPSA) is 89.5 Å². The second kappa shape index (κ2) is 5.66. The molecule has 0 amide bonds. The molecule has 2 atom stereocenters. The third kappa shape index (κ3) is 2.69. The highest BCUT2D eigenvalue weighted by molar-refractivity contribution is 8.00. The smallest absolute Gasteiger partial charge is 0.299 e. The van der Waals surface area contributed by atoms with Crippen LogP contribution < -0.4 is 4.90 Å². The number of non-ortho nitro benzene ring substituents is 1. The van der Waals surface area contributed by atoms with Gasteiger partial charge in [-0.2, -0.15) is 11.8 Å². The molecule has 1 heterocycles. The van der Waals surface area contributed by atoms with Gasteiger partial charge >= 0.3 is 0 Å². The fourth-order valence-corrected chi connectivity index (χ4v) is 3.39. The molecule has 0 aliphatic carbocycles. The van der Waals surface area contributed by atoms with E-state index < -0.39 is 9.85 Å². The van der Waals surface area contributed by atoms with Crippen LogP contribution in [0.15, 0.2) is 18.2 Å². The van der Waals surface area contributed by atoms with Gasteiger partial charge in [0.2, 0.25) is 0 Å². The number of nitro groups is 2. The first-order chi connectivity index (χ1) is 9.41. The quantitative estimate of drug-likeness (QED) is 0.629. The molecule has 0 radical (unpaired) electrons. The van der Waals surface area contributed by atoms with Crippen LogP contribution in [0.2, 0.25) is 0 Å². The van der Waals surface area contributed by atoms with Gasteiger partial charge in [-0.15, -0.1) is 0 Å². The highest BCUT2D eigenvalue weighted by atomic mass is 32.2. The molecule has 1 aliphatic rings. The zero-order valence-electron chi connectivity index (χ0n) is 11.2. The molecule has 0 N–H and O–H groups in total. The van der Waals surface area contributed by atoms with Crippen molar-refractivity contribution >= 4 is 28.8 Å². The van der Waals surface area contributed by atoms with E-state index in [1.54, 1.807) is 0 Å². The zero-order valence-corrected chi connectivity index (χ0v) is 12.0. The number of nitrogens with zero attached hydrogens (tertiary/aromatic N) is 3. The third-order valence-electron chi connectivity index (χ3n) is 3.56. The van der Waals surface area contributed by atoms with Crippen LogP contribution in [-0.2, 0) is 0 Å². The van der Waals surface area contributed by atoms with Gasteiger partial charge in [0, 0.05) is 29.7 Å². The van der Waals surface area contributed by atoms with Crippen molar-refractivity contribution in [3.8, 4) is 0 Å². The van der Waals surface area contributed by atoms with Gasteiger partial charge < -0.3 is 4.90 Å². The predicted octanol–water partition coefficient (Wildman–Crippen LogP) is 2.83. The Bertz CT molecular complexity index is 552. The lowest BCUT2D eigenvalue weighted by molar-refractivity contribution is -0.393. The van der Waals surface area contributed by atoms with Crippen molar-refractivity contribution in [2.75, 3.05) is 17.2 Å². The lowest BCUT2D eigenvalue weighted by atomic mass is 10.1. The Morgan fingerprint density at radius 1 is 1.25 bits per heavy atom. The van der Waals surface area contributed by atoms with E-state index in [4.69, 9.17) is 0 Å². The lowest BCUT2D eigenvalue weighted by Gasteiger charge is -2.38. The Morgan fingerprint density at radius 2 is 1.95 bits per heavy atom. The van der Waals surface area contributed by atoms with Gasteiger partial charge in [0.1, 0.15) is 5.69 Å². The minimum atomic E-state index is -0.616. The summed E-state index contributed by atoms with van der Waals surface area (Å²) in [5.74, 6) is 0.889. The van der Waals surface area contributed by atoms with Gasteiger partial charge in [0.05, 0.1) is 15.9 Å². The minimum absolute atomic E-state index is 0.147. The maximum Gasteiger partial charge on any atom is 0.299 e. The summed E-state index contributed by atoms with van der Waals surface area (Å²) in [6.07, 6.45) is 0. The molecular weight excluding hydrogens is 282 g/mol. The normalized spacial score (nSPS) is 22.6. The molecule has 2 rings (SSSR count). The molecule has 108 valence electrons. The molecule has 0 saturated carbocycles. The summed E-state index contributed by atoms with van der Waals surface area (Å²) in [6.45, 7) is 4.80. The number of thioether (sulfide) groups is 1. The maximum absolute atomic E-state index is 11.2. The summed E-state index contributed by atoms with van der Waals surface area (Å²) >= 11 is 1.83. The van der Waals surface area contributed by atoms with Crippen LogP contribution in [0.25, 0.3) is 0 Å². The molecule has 2 unspecified atom stereocenters. The number of hydrogen-bond acceptors (Lipinski definition) is 6. The van der Waals surface area contributed by atoms with Gasteiger partial charge in [0.25, 0.3) is 11.4 Å². The van der Waals surface area contributed by atoms with Crippen LogP contribution in [0.3, 0.4) is 0 Å². The molecule has 1 aliphatic heterocycles. The average molecular weight is 297 g/mol. The third-order valence-corrected chi connectivity index (χ3v) is 4.90. The second-order valence-electron chi connectivity index (χ2n) is 4.70. The van der Waals surface area contributed by atoms with Crippen molar-refractivity contribution in [1.82, 2.24) is 0 Å². The molecule has 1 fully saturated rings. The predicted molar refractivity (Wildman–Crippen MR) is 78.5 cm³/mol.